The first-order valence-corrected chi connectivity index (χ1v) is 8.84. The number of carbonyl (C=O) groups excluding carboxylic acids is 1. The van der Waals surface area contributed by atoms with E-state index in [1.807, 2.05) is 55.6 Å². The minimum Gasteiger partial charge on any atom is -0.481 e. The maximum atomic E-state index is 12.5. The smallest absolute Gasteiger partial charge is 0.303 e. The number of fused-ring (bicyclic) bond motifs is 1. The largest absolute Gasteiger partial charge is 0.481 e. The molecule has 1 aromatic carbocycles. The average molecular weight is 365 g/mol. The number of carboxylic acid groups (broad SMARTS) is 1. The predicted octanol–water partition coefficient (Wildman–Crippen LogP) is 4.04. The normalized spacial score (nSPS) is 11.5. The summed E-state index contributed by atoms with van der Waals surface area (Å²) in [4.78, 5) is 27.7. The number of rotatable bonds is 6. The van der Waals surface area contributed by atoms with E-state index < -0.39 is 5.97 Å². The number of aromatic nitrogens is 2. The molecule has 0 spiro atoms. The van der Waals surface area contributed by atoms with Crippen molar-refractivity contribution in [3.8, 4) is 0 Å². The summed E-state index contributed by atoms with van der Waals surface area (Å²) in [5.74, 6) is -0.539. The molecule has 27 heavy (non-hydrogen) atoms. The molecule has 0 atom stereocenters. The van der Waals surface area contributed by atoms with Crippen LogP contribution in [-0.2, 0) is 10.2 Å². The number of nitrogens with one attached hydrogen (secondary N) is 1. The quantitative estimate of drug-likeness (QED) is 0.690. The van der Waals surface area contributed by atoms with Crippen LogP contribution < -0.4 is 5.32 Å². The van der Waals surface area contributed by atoms with E-state index in [0.29, 0.717) is 17.8 Å². The number of carbonyl (C=O) groups is 2. The summed E-state index contributed by atoms with van der Waals surface area (Å²) in [5, 5.41) is 11.7. The fourth-order valence-corrected chi connectivity index (χ4v) is 2.99. The third kappa shape index (κ3) is 4.34. The fourth-order valence-electron chi connectivity index (χ4n) is 2.99. The van der Waals surface area contributed by atoms with Gasteiger partial charge in [0, 0.05) is 18.2 Å². The van der Waals surface area contributed by atoms with Crippen LogP contribution in [0.1, 0.15) is 48.2 Å². The fraction of sp³-hybridized carbons (Fsp3) is 0.286. The van der Waals surface area contributed by atoms with Gasteiger partial charge in [0.25, 0.3) is 5.91 Å². The van der Waals surface area contributed by atoms with Gasteiger partial charge in [-0.15, -0.1) is 0 Å². The van der Waals surface area contributed by atoms with Crippen LogP contribution in [0.4, 0.5) is 5.82 Å². The summed E-state index contributed by atoms with van der Waals surface area (Å²) >= 11 is 0. The summed E-state index contributed by atoms with van der Waals surface area (Å²) in [7, 11) is 0. The monoisotopic (exact) mass is 365 g/mol. The van der Waals surface area contributed by atoms with Gasteiger partial charge in [-0.2, -0.15) is 0 Å². The zero-order chi connectivity index (χ0) is 19.6. The number of nitrogens with zero attached hydrogens (tertiary/aromatic N) is 2. The number of imidazole rings is 1. The van der Waals surface area contributed by atoms with Crippen LogP contribution in [0.2, 0.25) is 0 Å². The maximum absolute atomic E-state index is 12.5. The molecule has 0 fully saturated rings. The second-order valence-corrected chi connectivity index (χ2v) is 7.41. The SMILES string of the molecule is Cc1ccc2nc(NC(=O)c3ccc(C(C)(C)CCC(=O)O)cc3)cn2c1. The van der Waals surface area contributed by atoms with Gasteiger partial charge in [0.1, 0.15) is 5.65 Å². The molecule has 0 radical (unpaired) electrons. The summed E-state index contributed by atoms with van der Waals surface area (Å²) in [6.45, 7) is 6.00. The predicted molar refractivity (Wildman–Crippen MR) is 104 cm³/mol. The molecular formula is C21H23N3O3. The molecule has 3 rings (SSSR count). The Kier molecular flexibility index (Phi) is 4.99. The first kappa shape index (κ1) is 18.6. The van der Waals surface area contributed by atoms with Crippen molar-refractivity contribution in [2.75, 3.05) is 5.32 Å². The number of hydrogen-bond donors (Lipinski definition) is 2. The van der Waals surface area contributed by atoms with Crippen molar-refractivity contribution in [1.82, 2.24) is 9.38 Å². The number of aliphatic carboxylic acids is 1. The molecule has 0 aliphatic rings. The van der Waals surface area contributed by atoms with E-state index in [-0.39, 0.29) is 17.7 Å². The summed E-state index contributed by atoms with van der Waals surface area (Å²) in [6, 6.07) is 11.1. The van der Waals surface area contributed by atoms with E-state index in [1.165, 1.54) is 0 Å². The Morgan fingerprint density at radius 1 is 1.11 bits per heavy atom. The first-order chi connectivity index (χ1) is 12.7. The Morgan fingerprint density at radius 3 is 2.48 bits per heavy atom. The summed E-state index contributed by atoms with van der Waals surface area (Å²) in [6.07, 6.45) is 4.38. The van der Waals surface area contributed by atoms with Gasteiger partial charge >= 0.3 is 5.97 Å². The molecule has 0 saturated heterocycles. The maximum Gasteiger partial charge on any atom is 0.303 e. The van der Waals surface area contributed by atoms with Crippen molar-refractivity contribution in [1.29, 1.82) is 0 Å². The van der Waals surface area contributed by atoms with E-state index in [9.17, 15) is 9.59 Å². The van der Waals surface area contributed by atoms with Crippen LogP contribution in [0.3, 0.4) is 0 Å². The van der Waals surface area contributed by atoms with Gasteiger partial charge in [0.05, 0.1) is 6.20 Å². The highest BCUT2D eigenvalue weighted by Gasteiger charge is 2.22. The van der Waals surface area contributed by atoms with Gasteiger partial charge < -0.3 is 14.8 Å². The van der Waals surface area contributed by atoms with Gasteiger partial charge in [0.15, 0.2) is 5.82 Å². The topological polar surface area (TPSA) is 83.7 Å². The number of carboxylic acids is 1. The second kappa shape index (κ2) is 7.23. The number of pyridine rings is 1. The molecule has 6 nitrogen and oxygen atoms in total. The van der Waals surface area contributed by atoms with Crippen molar-refractivity contribution in [3.05, 3.63) is 65.5 Å². The molecule has 140 valence electrons. The van der Waals surface area contributed by atoms with E-state index >= 15 is 0 Å². The van der Waals surface area contributed by atoms with Gasteiger partial charge in [-0.3, -0.25) is 9.59 Å². The Bertz CT molecular complexity index is 988. The molecule has 0 saturated carbocycles. The van der Waals surface area contributed by atoms with E-state index in [4.69, 9.17) is 5.11 Å². The summed E-state index contributed by atoms with van der Waals surface area (Å²) in [5.41, 5.74) is 3.14. The molecule has 0 unspecified atom stereocenters. The van der Waals surface area contributed by atoms with Crippen molar-refractivity contribution >= 4 is 23.3 Å². The van der Waals surface area contributed by atoms with E-state index in [0.717, 1.165) is 16.8 Å². The third-order valence-electron chi connectivity index (χ3n) is 4.73. The highest BCUT2D eigenvalue weighted by atomic mass is 16.4. The lowest BCUT2D eigenvalue weighted by Gasteiger charge is -2.24. The number of anilines is 1. The van der Waals surface area contributed by atoms with Crippen LogP contribution in [0.15, 0.2) is 48.8 Å². The van der Waals surface area contributed by atoms with Crippen LogP contribution in [-0.4, -0.2) is 26.4 Å². The second-order valence-electron chi connectivity index (χ2n) is 7.41. The number of aryl methyl sites for hydroxylation is 1. The van der Waals surface area contributed by atoms with Crippen molar-refractivity contribution in [2.45, 2.75) is 39.0 Å². The summed E-state index contributed by atoms with van der Waals surface area (Å²) < 4.78 is 1.87. The minimum atomic E-state index is -0.804. The van der Waals surface area contributed by atoms with Crippen LogP contribution >= 0.6 is 0 Å². The Morgan fingerprint density at radius 2 is 1.81 bits per heavy atom. The number of benzene rings is 1. The van der Waals surface area contributed by atoms with E-state index in [1.54, 1.807) is 18.3 Å². The first-order valence-electron chi connectivity index (χ1n) is 8.84. The molecule has 6 heteroatoms. The highest BCUT2D eigenvalue weighted by molar-refractivity contribution is 6.03. The minimum absolute atomic E-state index is 0.114. The highest BCUT2D eigenvalue weighted by Crippen LogP contribution is 2.28. The Balaban J connectivity index is 1.72. The van der Waals surface area contributed by atoms with Crippen LogP contribution in [0.5, 0.6) is 0 Å². The van der Waals surface area contributed by atoms with E-state index in [2.05, 4.69) is 10.3 Å². The zero-order valence-corrected chi connectivity index (χ0v) is 15.7. The van der Waals surface area contributed by atoms with Gasteiger partial charge in [-0.05, 0) is 48.1 Å². The number of amides is 1. The molecule has 0 aliphatic heterocycles. The van der Waals surface area contributed by atoms with Gasteiger partial charge in [0.2, 0.25) is 0 Å². The zero-order valence-electron chi connectivity index (χ0n) is 15.7. The molecule has 2 heterocycles. The van der Waals surface area contributed by atoms with Gasteiger partial charge in [-0.1, -0.05) is 32.0 Å². The lowest BCUT2D eigenvalue weighted by Crippen LogP contribution is -2.19. The van der Waals surface area contributed by atoms with Crippen molar-refractivity contribution < 1.29 is 14.7 Å². The Hall–Kier alpha value is -3.15. The molecular weight excluding hydrogens is 342 g/mol. The lowest BCUT2D eigenvalue weighted by molar-refractivity contribution is -0.137. The average Bonchev–Trinajstić information content (AvgIpc) is 3.01. The number of hydrogen-bond acceptors (Lipinski definition) is 3. The van der Waals surface area contributed by atoms with Crippen LogP contribution in [0, 0.1) is 6.92 Å². The van der Waals surface area contributed by atoms with Gasteiger partial charge in [-0.25, -0.2) is 4.98 Å². The molecule has 2 aromatic heterocycles. The molecule has 3 aromatic rings. The molecule has 0 aliphatic carbocycles. The Labute approximate surface area is 157 Å². The standard InChI is InChI=1S/C21H23N3O3/c1-14-4-9-18-22-17(13-24(18)12-14)23-20(27)15-5-7-16(8-6-15)21(2,3)11-10-19(25)26/h4-9,12-13H,10-11H2,1-3H3,(H,23,27)(H,25,26). The van der Waals surface area contributed by atoms with Crippen molar-refractivity contribution in [3.63, 3.8) is 0 Å². The lowest BCUT2D eigenvalue weighted by atomic mass is 9.80. The molecule has 0 bridgehead atoms. The van der Waals surface area contributed by atoms with Crippen molar-refractivity contribution in [2.24, 2.45) is 0 Å². The molecule has 1 amide bonds. The molecule has 2 N–H and O–H groups in total. The third-order valence-corrected chi connectivity index (χ3v) is 4.73. The van der Waals surface area contributed by atoms with Crippen LogP contribution in [0.25, 0.3) is 5.65 Å².